The second-order valence-electron chi connectivity index (χ2n) is 5.40. The number of alkyl halides is 5. The molecule has 136 valence electrons. The Morgan fingerprint density at radius 2 is 1.40 bits per heavy atom. The van der Waals surface area contributed by atoms with Gasteiger partial charge >= 0.3 is 12.1 Å². The van der Waals surface area contributed by atoms with Crippen LogP contribution in [0.3, 0.4) is 0 Å². The molecule has 0 aliphatic rings. The molecule has 9 heteroatoms. The van der Waals surface area contributed by atoms with Gasteiger partial charge in [-0.05, 0) is 24.6 Å². The van der Waals surface area contributed by atoms with E-state index >= 15 is 0 Å². The van der Waals surface area contributed by atoms with Crippen LogP contribution in [-0.2, 0) is 10.0 Å². The fourth-order valence-corrected chi connectivity index (χ4v) is 3.33. The lowest BCUT2D eigenvalue weighted by molar-refractivity contribution is -0.292. The number of hydrogen-bond acceptors (Lipinski definition) is 2. The highest BCUT2D eigenvalue weighted by Crippen LogP contribution is 2.45. The lowest BCUT2D eigenvalue weighted by Gasteiger charge is -2.29. The molecular formula is C16H14F5NO2S. The summed E-state index contributed by atoms with van der Waals surface area (Å²) in [5, 5.41) is 0. The van der Waals surface area contributed by atoms with Gasteiger partial charge in [0.15, 0.2) is 0 Å². The summed E-state index contributed by atoms with van der Waals surface area (Å²) in [7, 11) is -4.60. The predicted octanol–water partition coefficient (Wildman–Crippen LogP) is 4.21. The fourth-order valence-electron chi connectivity index (χ4n) is 2.10. The van der Waals surface area contributed by atoms with E-state index in [2.05, 4.69) is 0 Å². The van der Waals surface area contributed by atoms with Crippen LogP contribution < -0.4 is 4.72 Å². The second kappa shape index (κ2) is 6.72. The average molecular weight is 379 g/mol. The van der Waals surface area contributed by atoms with Gasteiger partial charge in [-0.25, -0.2) is 8.42 Å². The van der Waals surface area contributed by atoms with E-state index in [1.54, 1.807) is 6.92 Å². The third-order valence-electron chi connectivity index (χ3n) is 3.48. The van der Waals surface area contributed by atoms with Crippen LogP contribution in [0.5, 0.6) is 0 Å². The van der Waals surface area contributed by atoms with E-state index < -0.39 is 38.6 Å². The Hall–Kier alpha value is -2.00. The summed E-state index contributed by atoms with van der Waals surface area (Å²) in [5.41, 5.74) is 0.208. The Morgan fingerprint density at radius 3 is 1.88 bits per heavy atom. The maximum absolute atomic E-state index is 13.9. The summed E-state index contributed by atoms with van der Waals surface area (Å²) >= 11 is 0. The minimum Gasteiger partial charge on any atom is -0.207 e. The summed E-state index contributed by atoms with van der Waals surface area (Å²) in [5.74, 6) is -5.30. The van der Waals surface area contributed by atoms with Gasteiger partial charge < -0.3 is 0 Å². The van der Waals surface area contributed by atoms with Gasteiger partial charge in [-0.1, -0.05) is 48.0 Å². The van der Waals surface area contributed by atoms with Crippen molar-refractivity contribution in [3.8, 4) is 0 Å². The van der Waals surface area contributed by atoms with Crippen LogP contribution in [0.25, 0.3) is 0 Å². The van der Waals surface area contributed by atoms with Crippen molar-refractivity contribution in [2.24, 2.45) is 0 Å². The van der Waals surface area contributed by atoms with Crippen molar-refractivity contribution in [1.29, 1.82) is 0 Å². The quantitative estimate of drug-likeness (QED) is 0.791. The first-order valence-corrected chi connectivity index (χ1v) is 8.52. The minimum atomic E-state index is -5.93. The third kappa shape index (κ3) is 4.16. The van der Waals surface area contributed by atoms with Gasteiger partial charge in [0.2, 0.25) is 10.0 Å². The number of aryl methyl sites for hydroxylation is 1. The first-order valence-electron chi connectivity index (χ1n) is 7.03. The van der Waals surface area contributed by atoms with Crippen LogP contribution in [0.15, 0.2) is 59.5 Å². The summed E-state index contributed by atoms with van der Waals surface area (Å²) in [6, 6.07) is 8.20. The number of rotatable bonds is 5. The molecule has 0 spiro atoms. The molecular weight excluding hydrogens is 365 g/mol. The van der Waals surface area contributed by atoms with Gasteiger partial charge in [0, 0.05) is 0 Å². The van der Waals surface area contributed by atoms with E-state index in [9.17, 15) is 30.4 Å². The molecule has 0 saturated carbocycles. The van der Waals surface area contributed by atoms with E-state index in [0.29, 0.717) is 5.56 Å². The zero-order chi connectivity index (χ0) is 18.9. The molecule has 2 rings (SSSR count). The SMILES string of the molecule is Cc1ccc(S(=O)(=O)NC(c2ccccc2)C(F)(F)C(F)(F)F)cc1. The molecule has 0 amide bonds. The first kappa shape index (κ1) is 19.3. The topological polar surface area (TPSA) is 46.2 Å². The summed E-state index contributed by atoms with van der Waals surface area (Å²) < 4.78 is 92.4. The van der Waals surface area contributed by atoms with Crippen molar-refractivity contribution in [3.05, 3.63) is 65.7 Å². The Balaban J connectivity index is 2.49. The monoisotopic (exact) mass is 379 g/mol. The Kier molecular flexibility index (Phi) is 5.19. The van der Waals surface area contributed by atoms with Crippen molar-refractivity contribution >= 4 is 10.0 Å². The number of hydrogen-bond donors (Lipinski definition) is 1. The van der Waals surface area contributed by atoms with Gasteiger partial charge in [0.25, 0.3) is 0 Å². The summed E-state index contributed by atoms with van der Waals surface area (Å²) in [4.78, 5) is -0.406. The molecule has 0 aliphatic carbocycles. The molecule has 1 atom stereocenters. The largest absolute Gasteiger partial charge is 0.455 e. The fraction of sp³-hybridized carbons (Fsp3) is 0.250. The molecule has 0 aromatic heterocycles. The van der Waals surface area contributed by atoms with Crippen LogP contribution in [0.1, 0.15) is 17.2 Å². The minimum absolute atomic E-state index is 0.406. The van der Waals surface area contributed by atoms with Crippen LogP contribution in [0.4, 0.5) is 22.0 Å². The molecule has 1 unspecified atom stereocenters. The molecule has 2 aromatic rings. The van der Waals surface area contributed by atoms with Gasteiger partial charge in [-0.15, -0.1) is 0 Å². The van der Waals surface area contributed by atoms with Crippen molar-refractivity contribution in [2.45, 2.75) is 30.0 Å². The van der Waals surface area contributed by atoms with Crippen molar-refractivity contribution in [2.75, 3.05) is 0 Å². The predicted molar refractivity (Wildman–Crippen MR) is 81.7 cm³/mol. The molecule has 3 nitrogen and oxygen atoms in total. The highest BCUT2D eigenvalue weighted by molar-refractivity contribution is 7.89. The van der Waals surface area contributed by atoms with Crippen LogP contribution in [0.2, 0.25) is 0 Å². The van der Waals surface area contributed by atoms with E-state index in [1.807, 2.05) is 0 Å². The Morgan fingerprint density at radius 1 is 0.880 bits per heavy atom. The zero-order valence-corrected chi connectivity index (χ0v) is 13.7. The standard InChI is InChI=1S/C16H14F5NO2S/c1-11-7-9-13(10-8-11)25(23,24)22-14(12-5-3-2-4-6-12)15(17,18)16(19,20)21/h2-10,14,22H,1H3. The normalized spacial score (nSPS) is 14.3. The smallest absolute Gasteiger partial charge is 0.207 e. The van der Waals surface area contributed by atoms with E-state index in [0.717, 1.165) is 24.3 Å². The van der Waals surface area contributed by atoms with Gasteiger partial charge in [0.05, 0.1) is 4.90 Å². The Labute approximate surface area is 141 Å². The van der Waals surface area contributed by atoms with Crippen molar-refractivity contribution < 1.29 is 30.4 Å². The molecule has 0 heterocycles. The Bertz CT molecular complexity index is 818. The van der Waals surface area contributed by atoms with Gasteiger partial charge in [0.1, 0.15) is 6.04 Å². The molecule has 25 heavy (non-hydrogen) atoms. The second-order valence-corrected chi connectivity index (χ2v) is 7.11. The lowest BCUT2D eigenvalue weighted by Crippen LogP contribution is -2.49. The number of nitrogens with one attached hydrogen (secondary N) is 1. The molecule has 1 N–H and O–H groups in total. The lowest BCUT2D eigenvalue weighted by atomic mass is 10.0. The highest BCUT2D eigenvalue weighted by Gasteiger charge is 2.63. The van der Waals surface area contributed by atoms with Gasteiger partial charge in [-0.3, -0.25) is 0 Å². The molecule has 0 saturated heterocycles. The molecule has 0 aliphatic heterocycles. The molecule has 0 radical (unpaired) electrons. The maximum Gasteiger partial charge on any atom is 0.455 e. The van der Waals surface area contributed by atoms with E-state index in [1.165, 1.54) is 35.1 Å². The van der Waals surface area contributed by atoms with Crippen LogP contribution >= 0.6 is 0 Å². The maximum atomic E-state index is 13.9. The van der Waals surface area contributed by atoms with E-state index in [-0.39, 0.29) is 0 Å². The number of halogens is 5. The molecule has 2 aromatic carbocycles. The average Bonchev–Trinajstić information content (AvgIpc) is 2.53. The molecule has 0 fully saturated rings. The van der Waals surface area contributed by atoms with E-state index in [4.69, 9.17) is 0 Å². The third-order valence-corrected chi connectivity index (χ3v) is 4.92. The van der Waals surface area contributed by atoms with Crippen LogP contribution in [-0.4, -0.2) is 20.5 Å². The molecule has 0 bridgehead atoms. The summed E-state index contributed by atoms with van der Waals surface area (Å²) in [6.45, 7) is 1.68. The summed E-state index contributed by atoms with van der Waals surface area (Å²) in [6.07, 6.45) is -5.93. The number of benzene rings is 2. The van der Waals surface area contributed by atoms with Crippen molar-refractivity contribution in [1.82, 2.24) is 4.72 Å². The first-order chi connectivity index (χ1) is 11.4. The van der Waals surface area contributed by atoms with Gasteiger partial charge in [-0.2, -0.15) is 26.7 Å². The highest BCUT2D eigenvalue weighted by atomic mass is 32.2. The van der Waals surface area contributed by atoms with Crippen molar-refractivity contribution in [3.63, 3.8) is 0 Å². The number of sulfonamides is 1. The van der Waals surface area contributed by atoms with Crippen LogP contribution in [0, 0.1) is 6.92 Å². The zero-order valence-electron chi connectivity index (χ0n) is 12.9.